The number of nitrogens with zero attached hydrogens (tertiary/aromatic N) is 2. The highest BCUT2D eigenvalue weighted by atomic mass is 32.2. The monoisotopic (exact) mass is 501 g/mol. The third-order valence-corrected chi connectivity index (χ3v) is 6.74. The zero-order chi connectivity index (χ0) is 25.2. The minimum absolute atomic E-state index is 0.124. The van der Waals surface area contributed by atoms with E-state index in [0.717, 1.165) is 10.5 Å². The summed E-state index contributed by atoms with van der Waals surface area (Å²) in [5.74, 6) is 0.644. The van der Waals surface area contributed by atoms with Gasteiger partial charge >= 0.3 is 12.2 Å². The number of aryl methyl sites for hydroxylation is 1. The molecule has 1 N–H and O–H groups in total. The zero-order valence-electron chi connectivity index (χ0n) is 19.1. The number of benzene rings is 3. The first kappa shape index (κ1) is 24.5. The first-order valence-electron chi connectivity index (χ1n) is 10.5. The Labute approximate surface area is 204 Å². The van der Waals surface area contributed by atoms with Gasteiger partial charge in [0.25, 0.3) is 0 Å². The minimum Gasteiger partial charge on any atom is -0.495 e. The summed E-state index contributed by atoms with van der Waals surface area (Å²) >= 11 is 0.393. The van der Waals surface area contributed by atoms with Crippen molar-refractivity contribution in [3.05, 3.63) is 83.9 Å². The molecule has 3 aromatic carbocycles. The van der Waals surface area contributed by atoms with Crippen LogP contribution >= 0.6 is 11.8 Å². The molecular formula is C25H22F3N3O3S. The van der Waals surface area contributed by atoms with E-state index in [1.807, 2.05) is 0 Å². The molecule has 3 aromatic rings. The lowest BCUT2D eigenvalue weighted by molar-refractivity contribution is -0.167. The number of thioether (sulfide) groups is 1. The fourth-order valence-electron chi connectivity index (χ4n) is 3.64. The molecule has 4 rings (SSSR count). The Balaban J connectivity index is 1.95. The molecule has 1 atom stereocenters. The largest absolute Gasteiger partial charge is 0.495 e. The Hall–Kier alpha value is -3.66. The van der Waals surface area contributed by atoms with Crippen LogP contribution in [0.4, 0.5) is 29.3 Å². The number of amides is 2. The number of ether oxygens (including phenoxy) is 2. The molecule has 182 valence electrons. The van der Waals surface area contributed by atoms with Crippen LogP contribution in [-0.2, 0) is 4.87 Å². The summed E-state index contributed by atoms with van der Waals surface area (Å²) in [6.45, 7) is 1.77. The van der Waals surface area contributed by atoms with E-state index in [-0.39, 0.29) is 22.1 Å². The van der Waals surface area contributed by atoms with Crippen LogP contribution in [0, 0.1) is 6.92 Å². The van der Waals surface area contributed by atoms with E-state index >= 15 is 0 Å². The SMILES string of the molecule is COc1ccccc1N=C1S[C@](c2ccc(C)cc2)(C(F)(F)F)NC(=O)N1c1ccccc1OC. The van der Waals surface area contributed by atoms with Crippen LogP contribution in [-0.4, -0.2) is 31.6 Å². The number of urea groups is 1. The van der Waals surface area contributed by atoms with Gasteiger partial charge in [0.1, 0.15) is 17.2 Å². The van der Waals surface area contributed by atoms with Crippen LogP contribution < -0.4 is 19.7 Å². The normalized spacial score (nSPS) is 19.4. The summed E-state index contributed by atoms with van der Waals surface area (Å²) in [5.41, 5.74) is 1.18. The van der Waals surface area contributed by atoms with Crippen LogP contribution in [0.5, 0.6) is 11.5 Å². The number of carbonyl (C=O) groups excluding carboxylic acids is 1. The number of hydrogen-bond acceptors (Lipinski definition) is 5. The van der Waals surface area contributed by atoms with Gasteiger partial charge in [0, 0.05) is 0 Å². The lowest BCUT2D eigenvalue weighted by atomic mass is 10.0. The van der Waals surface area contributed by atoms with Crippen molar-refractivity contribution in [3.8, 4) is 11.5 Å². The highest BCUT2D eigenvalue weighted by Crippen LogP contribution is 2.52. The van der Waals surface area contributed by atoms with Gasteiger partial charge in [-0.1, -0.05) is 54.1 Å². The molecule has 0 radical (unpaired) electrons. The van der Waals surface area contributed by atoms with Crippen molar-refractivity contribution in [2.24, 2.45) is 4.99 Å². The molecule has 6 nitrogen and oxygen atoms in total. The molecular weight excluding hydrogens is 479 g/mol. The van der Waals surface area contributed by atoms with E-state index in [2.05, 4.69) is 10.3 Å². The molecule has 1 aliphatic heterocycles. The van der Waals surface area contributed by atoms with E-state index in [1.54, 1.807) is 67.6 Å². The average molecular weight is 502 g/mol. The lowest BCUT2D eigenvalue weighted by Gasteiger charge is -2.43. The quantitative estimate of drug-likeness (QED) is 0.441. The van der Waals surface area contributed by atoms with E-state index < -0.39 is 17.1 Å². The van der Waals surface area contributed by atoms with E-state index in [4.69, 9.17) is 9.47 Å². The molecule has 2 amide bonds. The third-order valence-electron chi connectivity index (χ3n) is 5.41. The standard InChI is InChI=1S/C25H22F3N3O3S/c1-16-12-14-17(15-13-16)24(25(26,27)28)30-22(32)31(19-9-5-7-11-21(19)34-3)23(35-24)29-18-8-4-6-10-20(18)33-2/h4-15H,1-3H3,(H,30,32)/t24-/m1/s1. The van der Waals surface area contributed by atoms with E-state index in [9.17, 15) is 18.0 Å². The van der Waals surface area contributed by atoms with E-state index in [0.29, 0.717) is 23.3 Å². The number of halogens is 3. The number of para-hydroxylation sites is 4. The van der Waals surface area contributed by atoms with Crippen LogP contribution in [0.2, 0.25) is 0 Å². The predicted molar refractivity (Wildman–Crippen MR) is 131 cm³/mol. The third kappa shape index (κ3) is 4.53. The summed E-state index contributed by atoms with van der Waals surface area (Å²) in [6.07, 6.45) is -4.85. The topological polar surface area (TPSA) is 63.2 Å². The number of alkyl halides is 3. The molecule has 0 unspecified atom stereocenters. The summed E-state index contributed by atoms with van der Waals surface area (Å²) in [7, 11) is 2.85. The van der Waals surface area contributed by atoms with Crippen LogP contribution in [0.25, 0.3) is 0 Å². The molecule has 35 heavy (non-hydrogen) atoms. The van der Waals surface area contributed by atoms with Crippen LogP contribution in [0.3, 0.4) is 0 Å². The molecule has 0 saturated carbocycles. The number of hydrogen-bond donors (Lipinski definition) is 1. The number of rotatable bonds is 5. The van der Waals surface area contributed by atoms with Crippen LogP contribution in [0.1, 0.15) is 11.1 Å². The lowest BCUT2D eigenvalue weighted by Crippen LogP contribution is -2.63. The van der Waals surface area contributed by atoms with Gasteiger partial charge < -0.3 is 14.8 Å². The molecule has 0 aliphatic carbocycles. The molecule has 1 heterocycles. The summed E-state index contributed by atoms with van der Waals surface area (Å²) < 4.78 is 54.9. The Kier molecular flexibility index (Phi) is 6.66. The highest BCUT2D eigenvalue weighted by Gasteiger charge is 2.62. The summed E-state index contributed by atoms with van der Waals surface area (Å²) in [4.78, 5) is 16.3. The van der Waals surface area contributed by atoms with Gasteiger partial charge in [-0.3, -0.25) is 0 Å². The van der Waals surface area contributed by atoms with Crippen molar-refractivity contribution >= 4 is 34.3 Å². The van der Waals surface area contributed by atoms with Crippen molar-refractivity contribution in [1.82, 2.24) is 5.32 Å². The van der Waals surface area contributed by atoms with Gasteiger partial charge in [-0.25, -0.2) is 14.7 Å². The first-order chi connectivity index (χ1) is 16.7. The second-order valence-electron chi connectivity index (χ2n) is 7.65. The highest BCUT2D eigenvalue weighted by molar-refractivity contribution is 8.15. The van der Waals surface area contributed by atoms with Crippen molar-refractivity contribution < 1.29 is 27.4 Å². The Morgan fingerprint density at radius 2 is 1.51 bits per heavy atom. The second kappa shape index (κ2) is 9.53. The van der Waals surface area contributed by atoms with Crippen molar-refractivity contribution in [2.75, 3.05) is 19.1 Å². The number of anilines is 1. The van der Waals surface area contributed by atoms with Crippen LogP contribution in [0.15, 0.2) is 77.8 Å². The Bertz CT molecular complexity index is 1260. The molecule has 0 spiro atoms. The number of amidine groups is 1. The van der Waals surface area contributed by atoms with Crippen molar-refractivity contribution in [2.45, 2.75) is 18.0 Å². The smallest absolute Gasteiger partial charge is 0.425 e. The maximum Gasteiger partial charge on any atom is 0.425 e. The van der Waals surface area contributed by atoms with E-state index in [1.165, 1.54) is 26.4 Å². The molecule has 0 aromatic heterocycles. The summed E-state index contributed by atoms with van der Waals surface area (Å²) in [5, 5.41) is 2.01. The van der Waals surface area contributed by atoms with Gasteiger partial charge in [0.05, 0.1) is 19.9 Å². The van der Waals surface area contributed by atoms with Gasteiger partial charge in [0.2, 0.25) is 4.87 Å². The second-order valence-corrected chi connectivity index (χ2v) is 8.83. The Morgan fingerprint density at radius 3 is 2.14 bits per heavy atom. The summed E-state index contributed by atoms with van der Waals surface area (Å²) in [6, 6.07) is 18.0. The minimum atomic E-state index is -4.85. The number of nitrogens with one attached hydrogen (secondary N) is 1. The fraction of sp³-hybridized carbons (Fsp3) is 0.200. The molecule has 10 heteroatoms. The van der Waals surface area contributed by atoms with Crippen molar-refractivity contribution in [1.29, 1.82) is 0 Å². The zero-order valence-corrected chi connectivity index (χ0v) is 19.9. The van der Waals surface area contributed by atoms with Crippen molar-refractivity contribution in [3.63, 3.8) is 0 Å². The maximum atomic E-state index is 14.7. The molecule has 1 fully saturated rings. The van der Waals surface area contributed by atoms with Gasteiger partial charge in [-0.2, -0.15) is 13.2 Å². The maximum absolute atomic E-state index is 14.7. The Morgan fingerprint density at radius 1 is 0.914 bits per heavy atom. The van der Waals surface area contributed by atoms with Gasteiger partial charge in [0.15, 0.2) is 5.17 Å². The predicted octanol–water partition coefficient (Wildman–Crippen LogP) is 6.38. The number of aliphatic imine (C=N–C) groups is 1. The average Bonchev–Trinajstić information content (AvgIpc) is 2.84. The molecule has 1 aliphatic rings. The number of methoxy groups -OCH3 is 2. The molecule has 0 bridgehead atoms. The van der Waals surface area contributed by atoms with Gasteiger partial charge in [-0.05, 0) is 48.5 Å². The van der Waals surface area contributed by atoms with Gasteiger partial charge in [-0.15, -0.1) is 0 Å². The first-order valence-corrected chi connectivity index (χ1v) is 11.3. The molecule has 1 saturated heterocycles. The number of carbonyl (C=O) groups is 1. The fourth-order valence-corrected chi connectivity index (χ4v) is 4.84.